The van der Waals surface area contributed by atoms with Crippen molar-refractivity contribution >= 4 is 35.1 Å². The summed E-state index contributed by atoms with van der Waals surface area (Å²) in [5.41, 5.74) is -0.846. The van der Waals surface area contributed by atoms with Crippen LogP contribution in [0.25, 0.3) is 0 Å². The molecule has 40 heavy (non-hydrogen) atoms. The number of nitrogens with zero attached hydrogens (tertiary/aromatic N) is 2. The minimum atomic E-state index is -1.25. The number of aryl methyl sites for hydroxylation is 1. The largest absolute Gasteiger partial charge is 0.461 e. The molecular formula is C31H41ClN2O6. The van der Waals surface area contributed by atoms with E-state index in [1.54, 1.807) is 17.0 Å². The van der Waals surface area contributed by atoms with Crippen LogP contribution in [-0.4, -0.2) is 70.8 Å². The molecule has 1 aromatic carbocycles. The Bertz CT molecular complexity index is 1170. The number of amides is 2. The lowest BCUT2D eigenvalue weighted by Gasteiger charge is -2.41. The molecule has 1 aromatic rings. The zero-order valence-corrected chi connectivity index (χ0v) is 24.7. The first-order valence-corrected chi connectivity index (χ1v) is 14.5. The van der Waals surface area contributed by atoms with Gasteiger partial charge in [0.25, 0.3) is 5.91 Å². The number of likely N-dealkylation sites (tertiary alicyclic amines) is 1. The van der Waals surface area contributed by atoms with Crippen molar-refractivity contribution in [1.29, 1.82) is 0 Å². The topological polar surface area (TPSA) is 96.4 Å². The number of anilines is 1. The molecule has 2 unspecified atom stereocenters. The van der Waals surface area contributed by atoms with Crippen molar-refractivity contribution < 1.29 is 29.0 Å². The quantitative estimate of drug-likeness (QED) is 0.293. The van der Waals surface area contributed by atoms with E-state index in [0.717, 1.165) is 5.56 Å². The summed E-state index contributed by atoms with van der Waals surface area (Å²) in [6, 6.07) is 3.69. The Morgan fingerprint density at radius 1 is 1.30 bits per heavy atom. The van der Waals surface area contributed by atoms with Crippen LogP contribution < -0.4 is 4.90 Å². The average molecular weight is 573 g/mol. The molecular weight excluding hydrogens is 532 g/mol. The van der Waals surface area contributed by atoms with Crippen LogP contribution in [0.15, 0.2) is 43.5 Å². The van der Waals surface area contributed by atoms with Crippen LogP contribution in [0.2, 0.25) is 5.02 Å². The van der Waals surface area contributed by atoms with E-state index in [0.29, 0.717) is 36.4 Å². The Morgan fingerprint density at radius 3 is 2.60 bits per heavy atom. The first-order chi connectivity index (χ1) is 19.1. The van der Waals surface area contributed by atoms with Crippen LogP contribution in [0.4, 0.5) is 5.69 Å². The summed E-state index contributed by atoms with van der Waals surface area (Å²) >= 11 is 6.64. The maximum absolute atomic E-state index is 14.8. The standard InChI is InChI=1S/C31H41ClN2O6/c1-7-16-33(25-20(6)12-11-13-21(25)32)28(37)26-31-15-14-30(10-4,40-31)24(29(38)39-17-8-2)23(31)27(36)34(26)22(18-35)19(5)9-3/h7-8,11-13,19,22-24,26,35H,1-2,9-10,14-18H2,3-6H3/t19-,22-,23-,24+,26?,30-,31?/m0/s1. The molecule has 3 fully saturated rings. The Balaban J connectivity index is 1.91. The van der Waals surface area contributed by atoms with Gasteiger partial charge in [0, 0.05) is 6.54 Å². The van der Waals surface area contributed by atoms with Gasteiger partial charge in [-0.3, -0.25) is 14.4 Å². The van der Waals surface area contributed by atoms with E-state index < -0.39 is 41.1 Å². The van der Waals surface area contributed by atoms with Crippen molar-refractivity contribution in [2.75, 3.05) is 24.7 Å². The number of esters is 1. The predicted octanol–water partition coefficient (Wildman–Crippen LogP) is 4.46. The van der Waals surface area contributed by atoms with Gasteiger partial charge in [0.1, 0.15) is 24.2 Å². The van der Waals surface area contributed by atoms with Crippen LogP contribution >= 0.6 is 11.6 Å². The lowest BCUT2D eigenvalue weighted by molar-refractivity contribution is -0.161. The van der Waals surface area contributed by atoms with E-state index in [1.165, 1.54) is 11.0 Å². The number of ether oxygens (including phenoxy) is 2. The number of aliphatic hydroxyl groups is 1. The number of hydrogen-bond donors (Lipinski definition) is 1. The normalized spacial score (nSPS) is 30.1. The first-order valence-electron chi connectivity index (χ1n) is 14.2. The van der Waals surface area contributed by atoms with Crippen LogP contribution in [0.1, 0.15) is 52.0 Å². The third-order valence-electron chi connectivity index (χ3n) is 9.33. The van der Waals surface area contributed by atoms with Crippen LogP contribution in [0.5, 0.6) is 0 Å². The third-order valence-corrected chi connectivity index (χ3v) is 9.64. The minimum absolute atomic E-state index is 0.0140. The van der Waals surface area contributed by atoms with Crippen molar-refractivity contribution in [3.8, 4) is 0 Å². The molecule has 3 aliphatic heterocycles. The molecule has 2 amide bonds. The summed E-state index contributed by atoms with van der Waals surface area (Å²) in [6.07, 6.45) is 5.21. The third kappa shape index (κ3) is 4.48. The van der Waals surface area contributed by atoms with Gasteiger partial charge in [-0.15, -0.1) is 6.58 Å². The van der Waals surface area contributed by atoms with Gasteiger partial charge >= 0.3 is 5.97 Å². The number of carbonyl (C=O) groups excluding carboxylic acids is 3. The zero-order chi connectivity index (χ0) is 29.4. The number of benzene rings is 1. The van der Waals surface area contributed by atoms with Gasteiger partial charge in [0.15, 0.2) is 0 Å². The monoisotopic (exact) mass is 572 g/mol. The summed E-state index contributed by atoms with van der Waals surface area (Å²) in [5.74, 6) is -3.15. The molecule has 3 heterocycles. The molecule has 3 saturated heterocycles. The molecule has 4 rings (SSSR count). The highest BCUT2D eigenvalue weighted by atomic mass is 35.5. The van der Waals surface area contributed by atoms with E-state index >= 15 is 0 Å². The van der Waals surface area contributed by atoms with E-state index in [1.807, 2.05) is 39.8 Å². The first kappa shape index (κ1) is 30.3. The second kappa shape index (κ2) is 11.7. The Morgan fingerprint density at radius 2 is 2.02 bits per heavy atom. The van der Waals surface area contributed by atoms with Crippen LogP contribution in [0, 0.1) is 24.7 Å². The average Bonchev–Trinajstić information content (AvgIpc) is 3.55. The SMILES string of the molecule is C=CCOC(=O)[C@H]1[C@H]2C(=O)N([C@@H](CO)[C@@H](C)CC)C(C(=O)N(CC=C)c3c(C)cccc3Cl)C23CC[C@]1(CC)O3. The molecule has 2 bridgehead atoms. The van der Waals surface area contributed by atoms with Crippen molar-refractivity contribution in [3.63, 3.8) is 0 Å². The van der Waals surface area contributed by atoms with E-state index in [9.17, 15) is 19.5 Å². The molecule has 0 saturated carbocycles. The highest BCUT2D eigenvalue weighted by Crippen LogP contribution is 2.65. The highest BCUT2D eigenvalue weighted by Gasteiger charge is 2.79. The fourth-order valence-electron chi connectivity index (χ4n) is 7.23. The molecule has 0 aliphatic carbocycles. The fourth-order valence-corrected chi connectivity index (χ4v) is 7.55. The minimum Gasteiger partial charge on any atom is -0.461 e. The van der Waals surface area contributed by atoms with Crippen LogP contribution in [-0.2, 0) is 23.9 Å². The number of fused-ring (bicyclic) bond motifs is 1. The fraction of sp³-hybridized carbons (Fsp3) is 0.581. The van der Waals surface area contributed by atoms with Gasteiger partial charge in [-0.2, -0.15) is 0 Å². The summed E-state index contributed by atoms with van der Waals surface area (Å²) in [6.45, 7) is 15.1. The Kier molecular flexibility index (Phi) is 8.83. The van der Waals surface area contributed by atoms with Crippen LogP contribution in [0.3, 0.4) is 0 Å². The second-order valence-electron chi connectivity index (χ2n) is 11.3. The maximum Gasteiger partial charge on any atom is 0.313 e. The number of hydrogen-bond acceptors (Lipinski definition) is 6. The van der Waals surface area contributed by atoms with Gasteiger partial charge in [0.2, 0.25) is 5.91 Å². The summed E-state index contributed by atoms with van der Waals surface area (Å²) in [7, 11) is 0. The molecule has 1 N–H and O–H groups in total. The van der Waals surface area contributed by atoms with Gasteiger partial charge in [-0.1, -0.05) is 69.7 Å². The molecule has 7 atom stereocenters. The van der Waals surface area contributed by atoms with Gasteiger partial charge in [-0.25, -0.2) is 0 Å². The summed E-state index contributed by atoms with van der Waals surface area (Å²) < 4.78 is 12.3. The van der Waals surface area contributed by atoms with E-state index in [-0.39, 0.29) is 37.5 Å². The molecule has 1 spiro atoms. The van der Waals surface area contributed by atoms with Gasteiger partial charge < -0.3 is 24.4 Å². The van der Waals surface area contributed by atoms with Gasteiger partial charge in [0.05, 0.1) is 34.9 Å². The Labute approximate surface area is 241 Å². The van der Waals surface area contributed by atoms with Crippen molar-refractivity contribution in [2.24, 2.45) is 17.8 Å². The number of aliphatic hydroxyl groups excluding tert-OH is 1. The lowest BCUT2D eigenvalue weighted by Crippen LogP contribution is -2.60. The van der Waals surface area contributed by atoms with E-state index in [2.05, 4.69) is 13.2 Å². The number of para-hydroxylation sites is 1. The number of rotatable bonds is 12. The van der Waals surface area contributed by atoms with Crippen molar-refractivity contribution in [1.82, 2.24) is 4.90 Å². The lowest BCUT2D eigenvalue weighted by atomic mass is 9.65. The number of halogens is 1. The molecule has 3 aliphatic rings. The van der Waals surface area contributed by atoms with Crippen molar-refractivity contribution in [2.45, 2.75) is 76.7 Å². The zero-order valence-electron chi connectivity index (χ0n) is 23.9. The number of carbonyl (C=O) groups is 3. The molecule has 9 heteroatoms. The second-order valence-corrected chi connectivity index (χ2v) is 11.7. The maximum atomic E-state index is 14.8. The molecule has 0 aromatic heterocycles. The smallest absolute Gasteiger partial charge is 0.313 e. The van der Waals surface area contributed by atoms with Crippen molar-refractivity contribution in [3.05, 3.63) is 54.1 Å². The molecule has 218 valence electrons. The molecule has 0 radical (unpaired) electrons. The van der Waals surface area contributed by atoms with Gasteiger partial charge in [-0.05, 0) is 43.7 Å². The predicted molar refractivity (Wildman–Crippen MR) is 154 cm³/mol. The summed E-state index contributed by atoms with van der Waals surface area (Å²) in [5, 5.41) is 11.0. The summed E-state index contributed by atoms with van der Waals surface area (Å²) in [4.78, 5) is 45.9. The van der Waals surface area contributed by atoms with E-state index in [4.69, 9.17) is 21.1 Å². The highest BCUT2D eigenvalue weighted by molar-refractivity contribution is 6.34. The Hall–Kier alpha value is -2.68. The molecule has 8 nitrogen and oxygen atoms in total.